The van der Waals surface area contributed by atoms with Gasteiger partial charge in [0, 0.05) is 25.2 Å². The second kappa shape index (κ2) is 7.10. The number of amides is 2. The molecule has 0 unspecified atom stereocenters. The number of hydrogen-bond donors (Lipinski definition) is 1. The predicted molar refractivity (Wildman–Crippen MR) is 87.4 cm³/mol. The van der Waals surface area contributed by atoms with Gasteiger partial charge >= 0.3 is 5.97 Å². The standard InChI is InChI=1S/C17H20N2O6/c1-24-13-4-2-12(3-5-13)19-9-11(8-15(19)20)16(21)18-6-7-25-10-14(18)17(22)23/h2-5,11,14H,6-10H2,1H3,(H,22,23)/t11-,14-/m1/s1. The average Bonchev–Trinajstić information content (AvgIpc) is 3.03. The topological polar surface area (TPSA) is 96.4 Å². The van der Waals surface area contributed by atoms with Crippen LogP contribution in [0.15, 0.2) is 24.3 Å². The number of nitrogens with zero attached hydrogens (tertiary/aromatic N) is 2. The van der Waals surface area contributed by atoms with E-state index in [4.69, 9.17) is 9.47 Å². The Hall–Kier alpha value is -2.61. The van der Waals surface area contributed by atoms with Crippen molar-refractivity contribution in [1.29, 1.82) is 0 Å². The van der Waals surface area contributed by atoms with Gasteiger partial charge < -0.3 is 24.4 Å². The normalized spacial score (nSPS) is 23.6. The molecule has 2 fully saturated rings. The summed E-state index contributed by atoms with van der Waals surface area (Å²) < 4.78 is 10.3. The third-order valence-electron chi connectivity index (χ3n) is 4.55. The van der Waals surface area contributed by atoms with Crippen molar-refractivity contribution in [1.82, 2.24) is 4.90 Å². The largest absolute Gasteiger partial charge is 0.497 e. The van der Waals surface area contributed by atoms with Crippen LogP contribution in [0.3, 0.4) is 0 Å². The Kier molecular flexibility index (Phi) is 4.89. The molecule has 0 spiro atoms. The minimum Gasteiger partial charge on any atom is -0.497 e. The summed E-state index contributed by atoms with van der Waals surface area (Å²) in [7, 11) is 1.56. The van der Waals surface area contributed by atoms with E-state index in [0.717, 1.165) is 0 Å². The van der Waals surface area contributed by atoms with Gasteiger partial charge in [-0.1, -0.05) is 0 Å². The summed E-state index contributed by atoms with van der Waals surface area (Å²) in [5, 5.41) is 9.27. The summed E-state index contributed by atoms with van der Waals surface area (Å²) in [6.07, 6.45) is 0.0779. The fraction of sp³-hybridized carbons (Fsp3) is 0.471. The number of carbonyl (C=O) groups excluding carboxylic acids is 2. The maximum absolute atomic E-state index is 12.7. The molecule has 1 aromatic carbocycles. The molecule has 25 heavy (non-hydrogen) atoms. The summed E-state index contributed by atoms with van der Waals surface area (Å²) >= 11 is 0. The van der Waals surface area contributed by atoms with Gasteiger partial charge in [0.1, 0.15) is 5.75 Å². The van der Waals surface area contributed by atoms with Crippen LogP contribution in [0.5, 0.6) is 5.75 Å². The molecule has 1 N–H and O–H groups in total. The van der Waals surface area contributed by atoms with Gasteiger partial charge in [0.05, 0.1) is 26.2 Å². The van der Waals surface area contributed by atoms with Crippen molar-refractivity contribution in [2.75, 3.05) is 38.3 Å². The van der Waals surface area contributed by atoms with Crippen LogP contribution in [-0.4, -0.2) is 67.2 Å². The van der Waals surface area contributed by atoms with Gasteiger partial charge in [-0.05, 0) is 24.3 Å². The van der Waals surface area contributed by atoms with Crippen molar-refractivity contribution in [2.45, 2.75) is 12.5 Å². The molecule has 0 radical (unpaired) electrons. The molecule has 134 valence electrons. The van der Waals surface area contributed by atoms with E-state index in [9.17, 15) is 19.5 Å². The first kappa shape index (κ1) is 17.2. The van der Waals surface area contributed by atoms with Crippen LogP contribution in [0.25, 0.3) is 0 Å². The number of ether oxygens (including phenoxy) is 2. The first-order valence-electron chi connectivity index (χ1n) is 8.06. The number of carbonyl (C=O) groups is 3. The van der Waals surface area contributed by atoms with E-state index in [1.165, 1.54) is 4.90 Å². The summed E-state index contributed by atoms with van der Waals surface area (Å²) in [5.74, 6) is -1.41. The van der Waals surface area contributed by atoms with E-state index >= 15 is 0 Å². The fourth-order valence-electron chi connectivity index (χ4n) is 3.19. The van der Waals surface area contributed by atoms with Gasteiger partial charge in [-0.2, -0.15) is 0 Å². The fourth-order valence-corrected chi connectivity index (χ4v) is 3.19. The highest BCUT2D eigenvalue weighted by molar-refractivity contribution is 6.00. The summed E-state index contributed by atoms with van der Waals surface area (Å²) in [6.45, 7) is 0.749. The molecule has 2 atom stereocenters. The Labute approximate surface area is 144 Å². The van der Waals surface area contributed by atoms with E-state index < -0.39 is 17.9 Å². The van der Waals surface area contributed by atoms with Crippen LogP contribution in [-0.2, 0) is 19.1 Å². The van der Waals surface area contributed by atoms with Crippen molar-refractivity contribution in [2.24, 2.45) is 5.92 Å². The number of anilines is 1. The van der Waals surface area contributed by atoms with E-state index in [0.29, 0.717) is 18.0 Å². The summed E-state index contributed by atoms with van der Waals surface area (Å²) in [4.78, 5) is 39.3. The molecule has 8 heteroatoms. The molecule has 3 rings (SSSR count). The molecule has 0 bridgehead atoms. The van der Waals surface area contributed by atoms with Gasteiger partial charge in [-0.3, -0.25) is 9.59 Å². The summed E-state index contributed by atoms with van der Waals surface area (Å²) in [5.41, 5.74) is 0.692. The molecule has 8 nitrogen and oxygen atoms in total. The zero-order valence-corrected chi connectivity index (χ0v) is 13.9. The highest BCUT2D eigenvalue weighted by Crippen LogP contribution is 2.28. The zero-order valence-electron chi connectivity index (χ0n) is 13.9. The quantitative estimate of drug-likeness (QED) is 0.844. The number of rotatable bonds is 4. The van der Waals surface area contributed by atoms with Crippen molar-refractivity contribution >= 4 is 23.5 Å². The lowest BCUT2D eigenvalue weighted by Gasteiger charge is -2.34. The highest BCUT2D eigenvalue weighted by Gasteiger charge is 2.41. The Balaban J connectivity index is 1.72. The lowest BCUT2D eigenvalue weighted by atomic mass is 10.1. The van der Waals surface area contributed by atoms with Crippen molar-refractivity contribution in [3.63, 3.8) is 0 Å². The zero-order chi connectivity index (χ0) is 18.0. The van der Waals surface area contributed by atoms with Crippen LogP contribution in [0.4, 0.5) is 5.69 Å². The average molecular weight is 348 g/mol. The molecule has 0 aliphatic carbocycles. The molecule has 2 amide bonds. The van der Waals surface area contributed by atoms with Gasteiger partial charge in [0.15, 0.2) is 6.04 Å². The molecular weight excluding hydrogens is 328 g/mol. The van der Waals surface area contributed by atoms with Gasteiger partial charge in [-0.25, -0.2) is 4.79 Å². The second-order valence-electron chi connectivity index (χ2n) is 6.06. The van der Waals surface area contributed by atoms with Gasteiger partial charge in [0.2, 0.25) is 11.8 Å². The SMILES string of the molecule is COc1ccc(N2C[C@H](C(=O)N3CCOC[C@@H]3C(=O)O)CC2=O)cc1. The predicted octanol–water partition coefficient (Wildman–Crippen LogP) is 0.360. The molecule has 0 saturated carbocycles. The number of hydrogen-bond acceptors (Lipinski definition) is 5. The van der Waals surface area contributed by atoms with Gasteiger partial charge in [0.25, 0.3) is 0 Å². The lowest BCUT2D eigenvalue weighted by Crippen LogP contribution is -2.54. The minimum absolute atomic E-state index is 0.0239. The van der Waals surface area contributed by atoms with E-state index in [2.05, 4.69) is 0 Å². The monoisotopic (exact) mass is 348 g/mol. The first-order valence-corrected chi connectivity index (χ1v) is 8.06. The maximum atomic E-state index is 12.7. The van der Waals surface area contributed by atoms with Crippen LogP contribution in [0.1, 0.15) is 6.42 Å². The third kappa shape index (κ3) is 3.43. The van der Waals surface area contributed by atoms with Crippen molar-refractivity contribution in [3.8, 4) is 5.75 Å². The number of methoxy groups -OCH3 is 1. The Morgan fingerprint density at radius 2 is 2.00 bits per heavy atom. The molecule has 1 aromatic rings. The van der Waals surface area contributed by atoms with Crippen LogP contribution in [0, 0.1) is 5.92 Å². The number of benzene rings is 1. The number of carboxylic acids is 1. The van der Waals surface area contributed by atoms with Crippen molar-refractivity contribution < 1.29 is 29.0 Å². The molecular formula is C17H20N2O6. The third-order valence-corrected chi connectivity index (χ3v) is 4.55. The molecule has 2 heterocycles. The number of morpholine rings is 1. The number of carboxylic acid groups (broad SMARTS) is 1. The minimum atomic E-state index is -1.09. The Morgan fingerprint density at radius 1 is 1.28 bits per heavy atom. The summed E-state index contributed by atoms with van der Waals surface area (Å²) in [6, 6.07) is 6.03. The van der Waals surface area contributed by atoms with Crippen LogP contribution >= 0.6 is 0 Å². The van der Waals surface area contributed by atoms with Crippen LogP contribution in [0.2, 0.25) is 0 Å². The Bertz CT molecular complexity index is 674. The Morgan fingerprint density at radius 3 is 2.64 bits per heavy atom. The molecule has 2 aliphatic rings. The van der Waals surface area contributed by atoms with E-state index in [1.54, 1.807) is 36.3 Å². The van der Waals surface area contributed by atoms with E-state index in [-0.39, 0.29) is 37.9 Å². The smallest absolute Gasteiger partial charge is 0.328 e. The molecule has 0 aromatic heterocycles. The van der Waals surface area contributed by atoms with Crippen molar-refractivity contribution in [3.05, 3.63) is 24.3 Å². The number of aliphatic carboxylic acids is 1. The lowest BCUT2D eigenvalue weighted by molar-refractivity contribution is -0.160. The molecule has 2 aliphatic heterocycles. The van der Waals surface area contributed by atoms with E-state index in [1.807, 2.05) is 0 Å². The van der Waals surface area contributed by atoms with Gasteiger partial charge in [-0.15, -0.1) is 0 Å². The second-order valence-corrected chi connectivity index (χ2v) is 6.06. The first-order chi connectivity index (χ1) is 12.0. The van der Waals surface area contributed by atoms with Crippen LogP contribution < -0.4 is 9.64 Å². The highest BCUT2D eigenvalue weighted by atomic mass is 16.5. The molecule has 2 saturated heterocycles. The maximum Gasteiger partial charge on any atom is 0.328 e.